The van der Waals surface area contributed by atoms with Gasteiger partial charge in [-0.25, -0.2) is 13.6 Å². The molecule has 0 bridgehead atoms. The van der Waals surface area contributed by atoms with E-state index in [1.54, 1.807) is 6.07 Å². The van der Waals surface area contributed by atoms with Crippen molar-refractivity contribution in [2.45, 2.75) is 11.8 Å². The Bertz CT molecular complexity index is 709. The molecule has 3 N–H and O–H groups in total. The molecule has 1 aliphatic heterocycles. The molecule has 0 saturated heterocycles. The Kier molecular flexibility index (Phi) is 3.60. The Morgan fingerprint density at radius 2 is 2.10 bits per heavy atom. The van der Waals surface area contributed by atoms with Crippen molar-refractivity contribution in [3.63, 3.8) is 0 Å². The van der Waals surface area contributed by atoms with Crippen LogP contribution in [0.4, 0.5) is 5.69 Å². The van der Waals surface area contributed by atoms with Crippen LogP contribution in [0.15, 0.2) is 40.9 Å². The summed E-state index contributed by atoms with van der Waals surface area (Å²) < 4.78 is 22.5. The summed E-state index contributed by atoms with van der Waals surface area (Å²) >= 11 is 0. The van der Waals surface area contributed by atoms with Gasteiger partial charge in [0.05, 0.1) is 11.4 Å². The highest BCUT2D eigenvalue weighted by Crippen LogP contribution is 2.18. The zero-order valence-corrected chi connectivity index (χ0v) is 11.5. The first kappa shape index (κ1) is 14.2. The van der Waals surface area contributed by atoms with Gasteiger partial charge in [0.2, 0.25) is 15.9 Å². The first-order valence-electron chi connectivity index (χ1n) is 5.70. The van der Waals surface area contributed by atoms with E-state index in [-0.39, 0.29) is 17.3 Å². The molecule has 0 unspecified atom stereocenters. The predicted octanol–water partition coefficient (Wildman–Crippen LogP) is 0.0185. The van der Waals surface area contributed by atoms with Crippen LogP contribution in [0.5, 0.6) is 0 Å². The van der Waals surface area contributed by atoms with Crippen molar-refractivity contribution in [3.05, 3.63) is 36.0 Å². The lowest BCUT2D eigenvalue weighted by Crippen LogP contribution is -2.31. The molecular weight excluding hydrogens is 282 g/mol. The normalized spacial score (nSPS) is 15.2. The molecule has 20 heavy (non-hydrogen) atoms. The van der Waals surface area contributed by atoms with Crippen molar-refractivity contribution < 1.29 is 18.0 Å². The van der Waals surface area contributed by atoms with Gasteiger partial charge in [0.1, 0.15) is 0 Å². The number of benzene rings is 1. The van der Waals surface area contributed by atoms with Crippen molar-refractivity contribution in [1.82, 2.24) is 4.90 Å². The molecule has 106 valence electrons. The minimum atomic E-state index is -3.78. The van der Waals surface area contributed by atoms with Gasteiger partial charge >= 0.3 is 0 Å². The second-order valence-electron chi connectivity index (χ2n) is 4.31. The summed E-state index contributed by atoms with van der Waals surface area (Å²) in [4.78, 5) is 23.7. The molecule has 8 heteroatoms. The number of sulfonamides is 1. The number of nitrogens with zero attached hydrogens (tertiary/aromatic N) is 1. The smallest absolute Gasteiger partial charge is 0.255 e. The third kappa shape index (κ3) is 3.03. The summed E-state index contributed by atoms with van der Waals surface area (Å²) in [5, 5.41) is 7.94. The van der Waals surface area contributed by atoms with Gasteiger partial charge in [-0.05, 0) is 18.2 Å². The fourth-order valence-corrected chi connectivity index (χ4v) is 2.36. The fraction of sp³-hybridized carbons (Fsp3) is 0.167. The number of anilines is 1. The number of rotatable bonds is 3. The van der Waals surface area contributed by atoms with Gasteiger partial charge in [-0.3, -0.25) is 14.5 Å². The Morgan fingerprint density at radius 3 is 2.65 bits per heavy atom. The van der Waals surface area contributed by atoms with Crippen LogP contribution < -0.4 is 10.5 Å². The molecule has 1 aromatic rings. The van der Waals surface area contributed by atoms with Gasteiger partial charge in [-0.1, -0.05) is 6.07 Å². The lowest BCUT2D eigenvalue weighted by atomic mass is 10.3. The minimum absolute atomic E-state index is 0.0316. The highest BCUT2D eigenvalue weighted by atomic mass is 32.2. The number of imide groups is 1. The third-order valence-electron chi connectivity index (χ3n) is 2.74. The van der Waals surface area contributed by atoms with E-state index in [0.717, 1.165) is 4.90 Å². The van der Waals surface area contributed by atoms with E-state index in [4.69, 9.17) is 5.14 Å². The maximum atomic E-state index is 11.5. The molecule has 2 rings (SSSR count). The van der Waals surface area contributed by atoms with Crippen molar-refractivity contribution in [1.29, 1.82) is 0 Å². The van der Waals surface area contributed by atoms with E-state index in [1.807, 2.05) is 0 Å². The average Bonchev–Trinajstić information content (AvgIpc) is 2.69. The summed E-state index contributed by atoms with van der Waals surface area (Å²) in [7, 11) is -3.78. The number of carbonyl (C=O) groups excluding carboxylic acids is 2. The molecule has 1 aliphatic rings. The van der Waals surface area contributed by atoms with E-state index in [0.29, 0.717) is 11.4 Å². The zero-order valence-electron chi connectivity index (χ0n) is 10.7. The van der Waals surface area contributed by atoms with Gasteiger partial charge in [0, 0.05) is 24.4 Å². The van der Waals surface area contributed by atoms with Crippen LogP contribution in [-0.4, -0.2) is 31.7 Å². The Balaban J connectivity index is 2.18. The van der Waals surface area contributed by atoms with Crippen molar-refractivity contribution >= 4 is 27.5 Å². The van der Waals surface area contributed by atoms with Crippen molar-refractivity contribution in [2.75, 3.05) is 11.9 Å². The largest absolute Gasteiger partial charge is 0.357 e. The lowest BCUT2D eigenvalue weighted by Gasteiger charge is -2.12. The molecule has 0 aromatic heterocycles. The monoisotopic (exact) mass is 295 g/mol. The molecule has 0 saturated carbocycles. The van der Waals surface area contributed by atoms with Gasteiger partial charge in [0.25, 0.3) is 5.91 Å². The highest BCUT2D eigenvalue weighted by Gasteiger charge is 2.24. The van der Waals surface area contributed by atoms with E-state index in [2.05, 4.69) is 5.32 Å². The SMILES string of the molecule is CC(=O)N1CC(Nc2cccc(S(N)(=O)=O)c2)=CC1=O. The maximum absolute atomic E-state index is 11.5. The standard InChI is InChI=1S/C12H13N3O4S/c1-8(16)15-7-10(6-12(15)17)14-9-3-2-4-11(5-9)20(13,18)19/h2-6,14H,7H2,1H3,(H2,13,18,19). The maximum Gasteiger partial charge on any atom is 0.255 e. The number of primary sulfonamides is 1. The first-order chi connectivity index (χ1) is 9.27. The predicted molar refractivity (Wildman–Crippen MR) is 71.9 cm³/mol. The van der Waals surface area contributed by atoms with Crippen LogP contribution >= 0.6 is 0 Å². The molecule has 0 atom stereocenters. The second kappa shape index (κ2) is 5.06. The quantitative estimate of drug-likeness (QED) is 0.817. The summed E-state index contributed by atoms with van der Waals surface area (Å²) in [5.41, 5.74) is 0.984. The highest BCUT2D eigenvalue weighted by molar-refractivity contribution is 7.89. The van der Waals surface area contributed by atoms with Gasteiger partial charge in [-0.2, -0.15) is 0 Å². The Labute approximate surface area is 116 Å². The minimum Gasteiger partial charge on any atom is -0.357 e. The number of amides is 2. The van der Waals surface area contributed by atoms with Crippen LogP contribution in [-0.2, 0) is 19.6 Å². The molecule has 0 fully saturated rings. The van der Waals surface area contributed by atoms with Crippen molar-refractivity contribution in [2.24, 2.45) is 5.14 Å². The zero-order chi connectivity index (χ0) is 14.9. The van der Waals surface area contributed by atoms with Crippen LogP contribution in [0.25, 0.3) is 0 Å². The van der Waals surface area contributed by atoms with Crippen LogP contribution in [0.2, 0.25) is 0 Å². The van der Waals surface area contributed by atoms with E-state index in [1.165, 1.54) is 31.2 Å². The topological polar surface area (TPSA) is 110 Å². The third-order valence-corrected chi connectivity index (χ3v) is 3.65. The molecule has 0 spiro atoms. The van der Waals surface area contributed by atoms with Crippen LogP contribution in [0, 0.1) is 0 Å². The summed E-state index contributed by atoms with van der Waals surface area (Å²) in [6.45, 7) is 1.43. The molecule has 0 radical (unpaired) electrons. The Morgan fingerprint density at radius 1 is 1.40 bits per heavy atom. The van der Waals surface area contributed by atoms with E-state index in [9.17, 15) is 18.0 Å². The molecule has 0 aliphatic carbocycles. The Hall–Kier alpha value is -2.19. The number of hydrogen-bond acceptors (Lipinski definition) is 5. The molecule has 7 nitrogen and oxygen atoms in total. The van der Waals surface area contributed by atoms with Gasteiger partial charge in [-0.15, -0.1) is 0 Å². The summed E-state index contributed by atoms with van der Waals surface area (Å²) in [5.74, 6) is -0.746. The summed E-state index contributed by atoms with van der Waals surface area (Å²) in [6, 6.07) is 5.90. The molecule has 2 amide bonds. The first-order valence-corrected chi connectivity index (χ1v) is 7.24. The number of hydrogen-bond donors (Lipinski definition) is 2. The number of carbonyl (C=O) groups is 2. The fourth-order valence-electron chi connectivity index (χ4n) is 1.80. The van der Waals surface area contributed by atoms with E-state index < -0.39 is 15.9 Å². The van der Waals surface area contributed by atoms with Gasteiger partial charge < -0.3 is 5.32 Å². The van der Waals surface area contributed by atoms with Crippen molar-refractivity contribution in [3.8, 4) is 0 Å². The number of nitrogens with two attached hydrogens (primary N) is 1. The van der Waals surface area contributed by atoms with E-state index >= 15 is 0 Å². The van der Waals surface area contributed by atoms with Crippen LogP contribution in [0.3, 0.4) is 0 Å². The molecule has 1 aromatic carbocycles. The summed E-state index contributed by atoms with van der Waals surface area (Å²) in [6.07, 6.45) is 1.30. The lowest BCUT2D eigenvalue weighted by molar-refractivity contribution is -0.138. The second-order valence-corrected chi connectivity index (χ2v) is 5.87. The molecule has 1 heterocycles. The van der Waals surface area contributed by atoms with Crippen LogP contribution in [0.1, 0.15) is 6.92 Å². The molecular formula is C12H13N3O4S. The van der Waals surface area contributed by atoms with Gasteiger partial charge in [0.15, 0.2) is 0 Å². The average molecular weight is 295 g/mol. The number of nitrogens with one attached hydrogen (secondary N) is 1.